The Hall–Kier alpha value is -3.92. The minimum Gasteiger partial charge on any atom is -0.507 e. The van der Waals surface area contributed by atoms with Gasteiger partial charge in [0.1, 0.15) is 11.5 Å². The van der Waals surface area contributed by atoms with Crippen molar-refractivity contribution in [2.45, 2.75) is 66.2 Å². The van der Waals surface area contributed by atoms with Gasteiger partial charge in [0.25, 0.3) is 0 Å². The molecule has 0 heterocycles. The zero-order valence-corrected chi connectivity index (χ0v) is 23.3. The highest BCUT2D eigenvalue weighted by molar-refractivity contribution is 6.04. The van der Waals surface area contributed by atoms with Crippen molar-refractivity contribution >= 4 is 34.6 Å². The highest BCUT2D eigenvalue weighted by atomic mass is 16.3. The summed E-state index contributed by atoms with van der Waals surface area (Å²) in [6.45, 7) is 12.7. The highest BCUT2D eigenvalue weighted by Crippen LogP contribution is 2.36. The molecule has 0 bridgehead atoms. The van der Waals surface area contributed by atoms with Crippen molar-refractivity contribution in [3.05, 3.63) is 94.0 Å². The van der Waals surface area contributed by atoms with Gasteiger partial charge in [0.05, 0.1) is 11.4 Å². The van der Waals surface area contributed by atoms with E-state index in [0.29, 0.717) is 23.0 Å². The molecule has 0 aliphatic rings. The van der Waals surface area contributed by atoms with E-state index in [0.717, 1.165) is 46.1 Å². The molecule has 4 aromatic rings. The summed E-state index contributed by atoms with van der Waals surface area (Å²) in [6, 6.07) is 20.2. The summed E-state index contributed by atoms with van der Waals surface area (Å²) in [5.41, 5.74) is 7.20. The smallest absolute Gasteiger partial charge is 0.127 e. The fraction of sp³-hybridized carbons (Fsp3) is 0.294. The molecule has 196 valence electrons. The van der Waals surface area contributed by atoms with Crippen LogP contribution in [-0.2, 0) is 12.8 Å². The number of aromatic hydroxyl groups is 2. The zero-order chi connectivity index (χ0) is 27.4. The molecule has 0 unspecified atom stereocenters. The standard InChI is InChI=1S/C34H38N2O2/c1-7-23-15-26(21(3)4)17-28(33(23)37)19-35-30-13-9-11-25-12-10-14-31(32(25)30)36-20-29-18-27(22(5)6)16-24(8-2)34(29)38/h9-22,37-38H,7-8H2,1-6H3. The molecule has 4 heteroatoms. The summed E-state index contributed by atoms with van der Waals surface area (Å²) in [6.07, 6.45) is 5.01. The number of fused-ring (bicyclic) bond motifs is 1. The molecule has 0 spiro atoms. The first-order chi connectivity index (χ1) is 18.2. The lowest BCUT2D eigenvalue weighted by Crippen LogP contribution is -1.96. The lowest BCUT2D eigenvalue weighted by molar-refractivity contribution is 0.467. The maximum atomic E-state index is 10.8. The molecule has 4 nitrogen and oxygen atoms in total. The monoisotopic (exact) mass is 506 g/mol. The van der Waals surface area contributed by atoms with Gasteiger partial charge in [-0.05, 0) is 76.6 Å². The van der Waals surface area contributed by atoms with Crippen molar-refractivity contribution in [3.63, 3.8) is 0 Å². The molecule has 0 saturated heterocycles. The van der Waals surface area contributed by atoms with Crippen molar-refractivity contribution < 1.29 is 10.2 Å². The number of nitrogens with zero attached hydrogens (tertiary/aromatic N) is 2. The number of phenolic OH excluding ortho intramolecular Hbond substituents is 2. The summed E-state index contributed by atoms with van der Waals surface area (Å²) in [5, 5.41) is 23.6. The van der Waals surface area contributed by atoms with Crippen LogP contribution in [0.4, 0.5) is 11.4 Å². The van der Waals surface area contributed by atoms with Gasteiger partial charge < -0.3 is 10.2 Å². The maximum absolute atomic E-state index is 10.8. The molecule has 0 amide bonds. The Labute approximate surface area is 226 Å². The van der Waals surface area contributed by atoms with Crippen LogP contribution in [0.1, 0.15) is 86.8 Å². The van der Waals surface area contributed by atoms with Crippen LogP contribution in [0.3, 0.4) is 0 Å². The lowest BCUT2D eigenvalue weighted by atomic mass is 9.96. The van der Waals surface area contributed by atoms with E-state index >= 15 is 0 Å². The Kier molecular flexibility index (Phi) is 8.31. The Bertz CT molecular complexity index is 1400. The van der Waals surface area contributed by atoms with E-state index in [1.165, 1.54) is 11.1 Å². The normalized spacial score (nSPS) is 12.1. The van der Waals surface area contributed by atoms with Gasteiger partial charge in [0.2, 0.25) is 0 Å². The number of rotatable bonds is 8. The first-order valence-electron chi connectivity index (χ1n) is 13.5. The van der Waals surface area contributed by atoms with E-state index in [9.17, 15) is 10.2 Å². The SMILES string of the molecule is CCc1cc(C(C)C)cc(C=Nc2cccc3cccc(N=Cc4cc(C(C)C)cc(CC)c4O)c23)c1O. The molecule has 0 aromatic heterocycles. The highest BCUT2D eigenvalue weighted by Gasteiger charge is 2.12. The Morgan fingerprint density at radius 1 is 0.658 bits per heavy atom. The molecule has 2 N–H and O–H groups in total. The number of aryl methyl sites for hydroxylation is 2. The second-order valence-electron chi connectivity index (χ2n) is 10.4. The van der Waals surface area contributed by atoms with Crippen molar-refractivity contribution in [3.8, 4) is 11.5 Å². The molecule has 0 aliphatic carbocycles. The molecular formula is C34H38N2O2. The van der Waals surface area contributed by atoms with E-state index in [2.05, 4.69) is 39.8 Å². The zero-order valence-electron chi connectivity index (χ0n) is 23.3. The van der Waals surface area contributed by atoms with Crippen LogP contribution in [0.5, 0.6) is 11.5 Å². The third kappa shape index (κ3) is 5.65. The molecule has 0 saturated carbocycles. The summed E-state index contributed by atoms with van der Waals surface area (Å²) < 4.78 is 0. The third-order valence-corrected chi connectivity index (χ3v) is 7.12. The molecular weight excluding hydrogens is 468 g/mol. The summed E-state index contributed by atoms with van der Waals surface area (Å²) in [4.78, 5) is 9.66. The van der Waals surface area contributed by atoms with Crippen LogP contribution >= 0.6 is 0 Å². The van der Waals surface area contributed by atoms with E-state index in [1.54, 1.807) is 12.4 Å². The number of hydrogen-bond acceptors (Lipinski definition) is 4. The van der Waals surface area contributed by atoms with Gasteiger partial charge in [-0.3, -0.25) is 9.98 Å². The fourth-order valence-electron chi connectivity index (χ4n) is 4.69. The maximum Gasteiger partial charge on any atom is 0.127 e. The van der Waals surface area contributed by atoms with Crippen molar-refractivity contribution in [2.24, 2.45) is 9.98 Å². The van der Waals surface area contributed by atoms with E-state index in [1.807, 2.05) is 62.4 Å². The molecule has 4 aromatic carbocycles. The predicted octanol–water partition coefficient (Wildman–Crippen LogP) is 9.12. The molecule has 0 radical (unpaired) electrons. The summed E-state index contributed by atoms with van der Waals surface area (Å²) in [7, 11) is 0. The first-order valence-corrected chi connectivity index (χ1v) is 13.5. The second-order valence-corrected chi connectivity index (χ2v) is 10.4. The Balaban J connectivity index is 1.80. The second kappa shape index (κ2) is 11.6. The number of aliphatic imine (C=N–C) groups is 2. The number of hydrogen-bond donors (Lipinski definition) is 2. The van der Waals surface area contributed by atoms with E-state index in [-0.39, 0.29) is 11.5 Å². The molecule has 4 rings (SSSR count). The van der Waals surface area contributed by atoms with Crippen LogP contribution in [0.2, 0.25) is 0 Å². The topological polar surface area (TPSA) is 65.2 Å². The van der Waals surface area contributed by atoms with Gasteiger partial charge in [-0.2, -0.15) is 0 Å². The van der Waals surface area contributed by atoms with Gasteiger partial charge in [0, 0.05) is 28.9 Å². The van der Waals surface area contributed by atoms with E-state index < -0.39 is 0 Å². The largest absolute Gasteiger partial charge is 0.507 e. The van der Waals surface area contributed by atoms with Crippen LogP contribution in [0, 0.1) is 0 Å². The average Bonchev–Trinajstić information content (AvgIpc) is 2.91. The van der Waals surface area contributed by atoms with Crippen molar-refractivity contribution in [1.29, 1.82) is 0 Å². The fourth-order valence-corrected chi connectivity index (χ4v) is 4.69. The molecule has 38 heavy (non-hydrogen) atoms. The number of phenols is 2. The molecule has 0 fully saturated rings. The van der Waals surface area contributed by atoms with Crippen LogP contribution in [0.25, 0.3) is 10.8 Å². The van der Waals surface area contributed by atoms with Crippen LogP contribution in [0.15, 0.2) is 70.6 Å². The average molecular weight is 507 g/mol. The van der Waals surface area contributed by atoms with Crippen LogP contribution in [-0.4, -0.2) is 22.6 Å². The van der Waals surface area contributed by atoms with Crippen molar-refractivity contribution in [2.75, 3.05) is 0 Å². The van der Waals surface area contributed by atoms with Crippen LogP contribution < -0.4 is 0 Å². The third-order valence-electron chi connectivity index (χ3n) is 7.12. The van der Waals surface area contributed by atoms with Gasteiger partial charge in [-0.15, -0.1) is 0 Å². The first kappa shape index (κ1) is 27.1. The van der Waals surface area contributed by atoms with Gasteiger partial charge in [-0.25, -0.2) is 0 Å². The van der Waals surface area contributed by atoms with Gasteiger partial charge in [-0.1, -0.05) is 77.9 Å². The van der Waals surface area contributed by atoms with E-state index in [4.69, 9.17) is 9.98 Å². The minimum atomic E-state index is 0.284. The van der Waals surface area contributed by atoms with Crippen molar-refractivity contribution in [1.82, 2.24) is 0 Å². The predicted molar refractivity (Wildman–Crippen MR) is 162 cm³/mol. The Morgan fingerprint density at radius 2 is 1.08 bits per heavy atom. The quantitative estimate of drug-likeness (QED) is 0.234. The lowest BCUT2D eigenvalue weighted by Gasteiger charge is -2.13. The molecule has 0 atom stereocenters. The Morgan fingerprint density at radius 3 is 1.45 bits per heavy atom. The summed E-state index contributed by atoms with van der Waals surface area (Å²) >= 11 is 0. The molecule has 0 aliphatic heterocycles. The van der Waals surface area contributed by atoms with Gasteiger partial charge in [0.15, 0.2) is 0 Å². The number of benzene rings is 4. The summed E-state index contributed by atoms with van der Waals surface area (Å²) in [5.74, 6) is 1.27. The van der Waals surface area contributed by atoms with Gasteiger partial charge >= 0.3 is 0 Å². The minimum absolute atomic E-state index is 0.284.